The van der Waals surface area contributed by atoms with E-state index in [1.165, 1.54) is 45.8 Å². The van der Waals surface area contributed by atoms with Crippen LogP contribution in [0.1, 0.15) is 111 Å². The van der Waals surface area contributed by atoms with Gasteiger partial charge in [0.05, 0.1) is 63.0 Å². The van der Waals surface area contributed by atoms with Crippen LogP contribution in [0.15, 0.2) is 178 Å². The topological polar surface area (TPSA) is 365 Å². The van der Waals surface area contributed by atoms with E-state index in [9.17, 15) is 29.5 Å². The third kappa shape index (κ3) is 13.4. The van der Waals surface area contributed by atoms with Gasteiger partial charge < -0.3 is 35.5 Å². The highest BCUT2D eigenvalue weighted by molar-refractivity contribution is 5.99. The normalized spacial score (nSPS) is 11.6. The molecule has 0 bridgehead atoms. The number of nitriles is 1. The lowest BCUT2D eigenvalue weighted by atomic mass is 9.91. The molecule has 0 radical (unpaired) electrons. The molecule has 11 aromatic rings. The molecule has 0 aliphatic carbocycles. The van der Waals surface area contributed by atoms with Crippen molar-refractivity contribution < 1.29 is 43.2 Å². The average Bonchev–Trinajstić information content (AvgIpc) is 1.64. The van der Waals surface area contributed by atoms with Crippen LogP contribution < -0.4 is 30.4 Å². The van der Waals surface area contributed by atoms with Crippen molar-refractivity contribution in [3.8, 4) is 58.3 Å². The number of nitrogen functional groups attached to an aromatic ring is 2. The quantitative estimate of drug-likeness (QED) is 0.0350. The molecule has 0 spiro atoms. The summed E-state index contributed by atoms with van der Waals surface area (Å²) in [6, 6.07) is 42.8. The second-order valence-corrected chi connectivity index (χ2v) is 23.1. The van der Waals surface area contributed by atoms with Crippen molar-refractivity contribution in [2.45, 2.75) is 66.2 Å². The molecule has 95 heavy (non-hydrogen) atoms. The smallest absolute Gasteiger partial charge is 0.343 e. The van der Waals surface area contributed by atoms with Gasteiger partial charge in [-0.05, 0) is 98.8 Å². The largest absolute Gasteiger partial charge is 0.479 e. The van der Waals surface area contributed by atoms with Crippen LogP contribution in [0.5, 0.6) is 29.0 Å². The van der Waals surface area contributed by atoms with E-state index in [4.69, 9.17) is 47.2 Å². The number of nitrogens with two attached hydrogens (primary N) is 2. The molecule has 0 aliphatic heterocycles. The van der Waals surface area contributed by atoms with Gasteiger partial charge >= 0.3 is 29.9 Å². The van der Waals surface area contributed by atoms with Crippen LogP contribution in [0.3, 0.4) is 0 Å². The molecule has 28 heteroatoms. The van der Waals surface area contributed by atoms with Gasteiger partial charge in [0.1, 0.15) is 34.6 Å². The molecule has 0 fully saturated rings. The summed E-state index contributed by atoms with van der Waals surface area (Å²) in [5, 5.41) is 58.9. The number of hydrogen-bond donors (Lipinski definition) is 3. The molecule has 11 rings (SSSR count). The zero-order valence-corrected chi connectivity index (χ0v) is 52.0. The van der Waals surface area contributed by atoms with Crippen LogP contribution in [0, 0.1) is 31.8 Å². The fourth-order valence-electron chi connectivity index (χ4n) is 9.47. The molecule has 0 aliphatic rings. The van der Waals surface area contributed by atoms with Gasteiger partial charge in [0.25, 0.3) is 17.6 Å². The van der Waals surface area contributed by atoms with E-state index < -0.39 is 40.7 Å². The van der Waals surface area contributed by atoms with Crippen molar-refractivity contribution in [2.75, 3.05) is 11.5 Å². The summed E-state index contributed by atoms with van der Waals surface area (Å²) in [7, 11) is 0. The highest BCUT2D eigenvalue weighted by atomic mass is 16.5. The van der Waals surface area contributed by atoms with E-state index in [1.54, 1.807) is 135 Å². The number of ether oxygens (including phenoxy) is 4. The minimum atomic E-state index is -0.843. The lowest BCUT2D eigenvalue weighted by Gasteiger charge is -2.15. The first kappa shape index (κ1) is 63.2. The van der Waals surface area contributed by atoms with Crippen molar-refractivity contribution in [3.63, 3.8) is 0 Å². The highest BCUT2D eigenvalue weighted by Gasteiger charge is 2.32. The number of carbonyl (C=O) groups is 4. The fraction of sp³-hybridized carbons (Fsp3) is 0.149. The third-order valence-electron chi connectivity index (χ3n) is 14.0. The first-order valence-electron chi connectivity index (χ1n) is 28.9. The first-order chi connectivity index (χ1) is 45.5. The number of nitrogens with zero attached hydrogens (tertiary/aromatic N) is 17. The number of para-hydroxylation sites is 4. The number of esters is 4. The standard InChI is InChI=1S/C67H55N19O9/c1-37-49(36-68)57(83(79-37)43-32-39(59(87)92-45-22-14-10-15-23-45)30-40(33-43)60(88)93-46-24-16-11-17-25-46)77-75-51-53(66(3,4)5)81-85(55(51)69)63-72-64(74-65(91)73-63)86-56(70)52(54(82-86)67(6,7)8)76-78-58-50(71-9)38(2)80-84(58)44-34-41(61(89)94-47-26-18-12-19-27-47)31-42(35-44)62(90)95-48-28-20-13-21-29-48/h10-35H,69-70H2,1-8H3,(H,72,73,74,91). The molecule has 0 amide bonds. The van der Waals surface area contributed by atoms with Crippen LogP contribution in [0.25, 0.3) is 28.1 Å². The maximum atomic E-state index is 13.8. The molecule has 5 heterocycles. The Labute approximate surface area is 540 Å². The van der Waals surface area contributed by atoms with Crippen LogP contribution in [0.4, 0.5) is 40.3 Å². The Morgan fingerprint density at radius 2 is 0.832 bits per heavy atom. The van der Waals surface area contributed by atoms with Crippen molar-refractivity contribution >= 4 is 64.2 Å². The Kier molecular flexibility index (Phi) is 17.2. The number of aryl methyl sites for hydroxylation is 2. The van der Waals surface area contributed by atoms with Crippen molar-refractivity contribution in [2.24, 2.45) is 20.5 Å². The molecule has 0 saturated heterocycles. The Morgan fingerprint density at radius 3 is 1.17 bits per heavy atom. The molecule has 5 N–H and O–H groups in total. The summed E-state index contributed by atoms with van der Waals surface area (Å²) in [6.07, 6.45) is 0. The summed E-state index contributed by atoms with van der Waals surface area (Å²) in [6.45, 7) is 22.3. The number of benzene rings is 6. The molecule has 0 unspecified atom stereocenters. The second-order valence-electron chi connectivity index (χ2n) is 23.1. The minimum Gasteiger partial charge on any atom is -0.479 e. The predicted molar refractivity (Wildman–Crippen MR) is 343 cm³/mol. The third-order valence-corrected chi connectivity index (χ3v) is 14.0. The van der Waals surface area contributed by atoms with E-state index in [0.29, 0.717) is 0 Å². The average molecular weight is 1270 g/mol. The van der Waals surface area contributed by atoms with Gasteiger partial charge in [0, 0.05) is 10.8 Å². The predicted octanol–water partition coefficient (Wildman–Crippen LogP) is 12.8. The zero-order valence-electron chi connectivity index (χ0n) is 52.0. The van der Waals surface area contributed by atoms with Crippen LogP contribution >= 0.6 is 0 Å². The number of hydrogen-bond acceptors (Lipinski definition) is 23. The van der Waals surface area contributed by atoms with E-state index >= 15 is 0 Å². The van der Waals surface area contributed by atoms with E-state index in [1.807, 2.05) is 41.5 Å². The number of anilines is 2. The van der Waals surface area contributed by atoms with Gasteiger partial charge in [-0.25, -0.2) is 33.4 Å². The lowest BCUT2D eigenvalue weighted by molar-refractivity contribution is 0.0715. The van der Waals surface area contributed by atoms with Crippen molar-refractivity contribution in [1.82, 2.24) is 54.1 Å². The van der Waals surface area contributed by atoms with Gasteiger partial charge in [-0.15, -0.1) is 20.5 Å². The molecule has 5 aromatic heterocycles. The van der Waals surface area contributed by atoms with Crippen LogP contribution in [-0.2, 0) is 10.8 Å². The minimum absolute atomic E-state index is 0.0164. The van der Waals surface area contributed by atoms with Crippen LogP contribution in [0.2, 0.25) is 0 Å². The molecule has 0 atom stereocenters. The number of rotatable bonds is 16. The number of carbonyl (C=O) groups excluding carboxylic acids is 4. The summed E-state index contributed by atoms with van der Waals surface area (Å²) in [5.74, 6) is -3.69. The number of aromatic hydroxyl groups is 1. The fourth-order valence-corrected chi connectivity index (χ4v) is 9.47. The first-order valence-corrected chi connectivity index (χ1v) is 28.9. The van der Waals surface area contributed by atoms with Crippen molar-refractivity contribution in [1.29, 1.82) is 5.26 Å². The zero-order chi connectivity index (χ0) is 67.5. The monoisotopic (exact) mass is 1270 g/mol. The highest BCUT2D eigenvalue weighted by Crippen LogP contribution is 2.42. The van der Waals surface area contributed by atoms with Gasteiger partial charge in [0.2, 0.25) is 0 Å². The van der Waals surface area contributed by atoms with E-state index in [0.717, 1.165) is 9.36 Å². The molecular formula is C67H55N19O9. The van der Waals surface area contributed by atoms with Gasteiger partial charge in [0.15, 0.2) is 34.6 Å². The SMILES string of the molecule is [C-]#[N+]c1c(C)nn(-c2cc(C(=O)Oc3ccccc3)cc(C(=O)Oc3ccccc3)c2)c1N=Nc1c(C(C)(C)C)nn(-c2nc(O)nc(-n3nc(C(C)(C)C)c(N=Nc4c(C#N)c(C)nn4-c4cc(C(=O)Oc5ccccc5)cc(C(=O)Oc5ccccc5)c4)c3N)n2)c1N. The number of azo groups is 2. The Bertz CT molecular complexity index is 4520. The lowest BCUT2D eigenvalue weighted by Crippen LogP contribution is -2.16. The van der Waals surface area contributed by atoms with E-state index in [2.05, 4.69) is 56.5 Å². The Morgan fingerprint density at radius 1 is 0.495 bits per heavy atom. The van der Waals surface area contributed by atoms with Gasteiger partial charge in [-0.2, -0.15) is 50.0 Å². The summed E-state index contributed by atoms with van der Waals surface area (Å²) < 4.78 is 27.3. The summed E-state index contributed by atoms with van der Waals surface area (Å²) in [4.78, 5) is 71.9. The summed E-state index contributed by atoms with van der Waals surface area (Å²) >= 11 is 0. The number of aromatic nitrogens is 11. The second kappa shape index (κ2) is 25.9. The molecule has 472 valence electrons. The molecular weight excluding hydrogens is 1210 g/mol. The Balaban J connectivity index is 0.966. The molecule has 28 nitrogen and oxygen atoms in total. The van der Waals surface area contributed by atoms with Crippen LogP contribution in [-0.4, -0.2) is 83.1 Å². The maximum absolute atomic E-state index is 13.8. The molecule has 0 saturated carbocycles. The molecule has 6 aromatic carbocycles. The van der Waals surface area contributed by atoms with Gasteiger partial charge in [-0.3, -0.25) is 0 Å². The van der Waals surface area contributed by atoms with E-state index in [-0.39, 0.29) is 137 Å². The van der Waals surface area contributed by atoms with Crippen molar-refractivity contribution in [3.05, 3.63) is 220 Å². The Hall–Kier alpha value is -13.4. The summed E-state index contributed by atoms with van der Waals surface area (Å²) in [5.41, 5.74) is 12.8. The maximum Gasteiger partial charge on any atom is 0.343 e. The van der Waals surface area contributed by atoms with Gasteiger partial charge in [-0.1, -0.05) is 114 Å².